The molecule has 0 unspecified atom stereocenters. The van der Waals surface area contributed by atoms with Gasteiger partial charge in [0.2, 0.25) is 5.91 Å². The third-order valence-electron chi connectivity index (χ3n) is 4.13. The molecule has 1 aliphatic rings. The van der Waals surface area contributed by atoms with Crippen LogP contribution in [-0.4, -0.2) is 38.1 Å². The number of esters is 1. The van der Waals surface area contributed by atoms with Crippen LogP contribution >= 0.6 is 0 Å². The van der Waals surface area contributed by atoms with Gasteiger partial charge in [-0.1, -0.05) is 24.3 Å². The van der Waals surface area contributed by atoms with Crippen molar-refractivity contribution in [2.75, 3.05) is 30.4 Å². The number of hydrogen-bond acceptors (Lipinski definition) is 4. The highest BCUT2D eigenvalue weighted by Crippen LogP contribution is 2.27. The lowest BCUT2D eigenvalue weighted by molar-refractivity contribution is -0.117. The SMILES string of the molecule is COC(=O)c1cccc(NC(=O)NCC(=O)N2CCc3ccccc32)c1. The highest BCUT2D eigenvalue weighted by Gasteiger charge is 2.24. The maximum atomic E-state index is 12.4. The first-order valence-corrected chi connectivity index (χ1v) is 8.20. The minimum absolute atomic E-state index is 0.114. The number of nitrogens with zero attached hydrogens (tertiary/aromatic N) is 1. The van der Waals surface area contributed by atoms with Crippen molar-refractivity contribution < 1.29 is 19.1 Å². The van der Waals surface area contributed by atoms with Crippen molar-refractivity contribution in [2.24, 2.45) is 0 Å². The van der Waals surface area contributed by atoms with Crippen LogP contribution in [0.1, 0.15) is 15.9 Å². The summed E-state index contributed by atoms with van der Waals surface area (Å²) in [5.74, 6) is -0.662. The van der Waals surface area contributed by atoms with Gasteiger partial charge in [-0.25, -0.2) is 9.59 Å². The maximum Gasteiger partial charge on any atom is 0.337 e. The molecule has 0 fully saturated rings. The topological polar surface area (TPSA) is 87.7 Å². The number of fused-ring (bicyclic) bond motifs is 1. The first-order valence-electron chi connectivity index (χ1n) is 8.20. The van der Waals surface area contributed by atoms with Gasteiger partial charge in [-0.15, -0.1) is 0 Å². The van der Waals surface area contributed by atoms with Crippen molar-refractivity contribution in [1.29, 1.82) is 0 Å². The van der Waals surface area contributed by atoms with E-state index < -0.39 is 12.0 Å². The van der Waals surface area contributed by atoms with Crippen LogP contribution in [0.5, 0.6) is 0 Å². The number of carbonyl (C=O) groups is 3. The highest BCUT2D eigenvalue weighted by atomic mass is 16.5. The largest absolute Gasteiger partial charge is 0.465 e. The Balaban J connectivity index is 1.55. The monoisotopic (exact) mass is 353 g/mol. The van der Waals surface area contributed by atoms with Crippen LogP contribution in [0, 0.1) is 0 Å². The van der Waals surface area contributed by atoms with Gasteiger partial charge in [0.1, 0.15) is 0 Å². The maximum absolute atomic E-state index is 12.4. The Morgan fingerprint density at radius 3 is 2.73 bits per heavy atom. The minimum atomic E-state index is -0.521. The summed E-state index contributed by atoms with van der Waals surface area (Å²) in [7, 11) is 1.29. The fraction of sp³-hybridized carbons (Fsp3) is 0.211. The van der Waals surface area contributed by atoms with Crippen molar-refractivity contribution in [3.63, 3.8) is 0 Å². The highest BCUT2D eigenvalue weighted by molar-refractivity contribution is 6.00. The van der Waals surface area contributed by atoms with Gasteiger partial charge in [-0.3, -0.25) is 4.79 Å². The number of benzene rings is 2. The summed E-state index contributed by atoms with van der Waals surface area (Å²) in [5, 5.41) is 5.14. The van der Waals surface area contributed by atoms with E-state index >= 15 is 0 Å². The molecule has 7 nitrogen and oxygen atoms in total. The van der Waals surface area contributed by atoms with Crippen molar-refractivity contribution in [3.05, 3.63) is 59.7 Å². The van der Waals surface area contributed by atoms with Crippen LogP contribution in [-0.2, 0) is 16.0 Å². The van der Waals surface area contributed by atoms with E-state index in [1.807, 2.05) is 24.3 Å². The standard InChI is InChI=1S/C19H19N3O4/c1-26-18(24)14-6-4-7-15(11-14)21-19(25)20-12-17(23)22-10-9-13-5-2-3-8-16(13)22/h2-8,11H,9-10,12H2,1H3,(H2,20,21,25). The van der Waals surface area contributed by atoms with Crippen LogP contribution in [0.4, 0.5) is 16.2 Å². The van der Waals surface area contributed by atoms with Crippen molar-refractivity contribution in [1.82, 2.24) is 5.32 Å². The normalized spacial score (nSPS) is 12.3. The van der Waals surface area contributed by atoms with Gasteiger partial charge in [0.15, 0.2) is 0 Å². The zero-order chi connectivity index (χ0) is 18.5. The molecule has 26 heavy (non-hydrogen) atoms. The zero-order valence-electron chi connectivity index (χ0n) is 14.3. The number of methoxy groups -OCH3 is 1. The molecule has 0 aromatic heterocycles. The van der Waals surface area contributed by atoms with Gasteiger partial charge in [0, 0.05) is 17.9 Å². The van der Waals surface area contributed by atoms with Crippen molar-refractivity contribution >= 4 is 29.3 Å². The number of nitrogens with one attached hydrogen (secondary N) is 2. The van der Waals surface area contributed by atoms with E-state index in [2.05, 4.69) is 15.4 Å². The van der Waals surface area contributed by atoms with E-state index in [1.165, 1.54) is 13.2 Å². The van der Waals surface area contributed by atoms with Gasteiger partial charge in [0.05, 0.1) is 19.2 Å². The van der Waals surface area contributed by atoms with Crippen molar-refractivity contribution in [3.8, 4) is 0 Å². The van der Waals surface area contributed by atoms with Crippen LogP contribution < -0.4 is 15.5 Å². The van der Waals surface area contributed by atoms with E-state index in [9.17, 15) is 14.4 Å². The lowest BCUT2D eigenvalue weighted by atomic mass is 10.2. The van der Waals surface area contributed by atoms with E-state index in [4.69, 9.17) is 0 Å². The molecule has 3 amide bonds. The summed E-state index contributed by atoms with van der Waals surface area (Å²) in [4.78, 5) is 37.6. The number of anilines is 2. The molecule has 3 rings (SSSR count). The third-order valence-corrected chi connectivity index (χ3v) is 4.13. The van der Waals surface area contributed by atoms with Gasteiger partial charge in [0.25, 0.3) is 0 Å². The second kappa shape index (κ2) is 7.69. The summed E-state index contributed by atoms with van der Waals surface area (Å²) in [5.41, 5.74) is 2.79. The average Bonchev–Trinajstić information content (AvgIpc) is 3.10. The zero-order valence-corrected chi connectivity index (χ0v) is 14.3. The number of amides is 3. The Morgan fingerprint density at radius 1 is 1.12 bits per heavy atom. The average molecular weight is 353 g/mol. The quantitative estimate of drug-likeness (QED) is 0.825. The predicted octanol–water partition coefficient (Wildman–Crippen LogP) is 2.18. The van der Waals surface area contributed by atoms with Gasteiger partial charge < -0.3 is 20.3 Å². The predicted molar refractivity (Wildman–Crippen MR) is 97.3 cm³/mol. The number of hydrogen-bond donors (Lipinski definition) is 2. The first kappa shape index (κ1) is 17.5. The molecule has 0 atom stereocenters. The number of carbonyl (C=O) groups excluding carboxylic acids is 3. The minimum Gasteiger partial charge on any atom is -0.465 e. The van der Waals surface area contributed by atoms with E-state index in [0.717, 1.165) is 17.7 Å². The molecule has 134 valence electrons. The fourth-order valence-corrected chi connectivity index (χ4v) is 2.87. The number of rotatable bonds is 4. The lowest BCUT2D eigenvalue weighted by Crippen LogP contribution is -2.41. The van der Waals surface area contributed by atoms with E-state index in [0.29, 0.717) is 17.8 Å². The molecule has 0 aliphatic carbocycles. The molecule has 2 aromatic rings. The summed E-state index contributed by atoms with van der Waals surface area (Å²) < 4.78 is 4.64. The van der Waals surface area contributed by atoms with Crippen LogP contribution in [0.15, 0.2) is 48.5 Å². The first-order chi connectivity index (χ1) is 12.6. The van der Waals surface area contributed by atoms with Gasteiger partial charge in [-0.2, -0.15) is 0 Å². The molecule has 1 heterocycles. The lowest BCUT2D eigenvalue weighted by Gasteiger charge is -2.17. The Kier molecular flexibility index (Phi) is 5.17. The second-order valence-electron chi connectivity index (χ2n) is 5.80. The van der Waals surface area contributed by atoms with E-state index in [-0.39, 0.29) is 12.5 Å². The molecule has 1 aliphatic heterocycles. The molecule has 2 N–H and O–H groups in total. The summed E-state index contributed by atoms with van der Waals surface area (Å²) >= 11 is 0. The fourth-order valence-electron chi connectivity index (χ4n) is 2.87. The Bertz CT molecular complexity index is 850. The number of para-hydroxylation sites is 1. The van der Waals surface area contributed by atoms with Crippen molar-refractivity contribution in [2.45, 2.75) is 6.42 Å². The molecule has 0 radical (unpaired) electrons. The Hall–Kier alpha value is -3.35. The number of ether oxygens (including phenoxy) is 1. The van der Waals surface area contributed by atoms with Crippen LogP contribution in [0.3, 0.4) is 0 Å². The molecule has 0 saturated heterocycles. The Labute approximate surface area is 150 Å². The molecule has 0 bridgehead atoms. The third kappa shape index (κ3) is 3.83. The summed E-state index contributed by atoms with van der Waals surface area (Å²) in [6.07, 6.45) is 0.814. The molecule has 2 aromatic carbocycles. The molecule has 7 heteroatoms. The summed E-state index contributed by atoms with van der Waals surface area (Å²) in [6.45, 7) is 0.500. The van der Waals surface area contributed by atoms with E-state index in [1.54, 1.807) is 23.1 Å². The second-order valence-corrected chi connectivity index (χ2v) is 5.80. The molecule has 0 saturated carbocycles. The molecular weight excluding hydrogens is 334 g/mol. The molecular formula is C19H19N3O4. The molecule has 0 spiro atoms. The summed E-state index contributed by atoms with van der Waals surface area (Å²) in [6, 6.07) is 13.6. The van der Waals surface area contributed by atoms with Crippen LogP contribution in [0.25, 0.3) is 0 Å². The van der Waals surface area contributed by atoms with Gasteiger partial charge in [-0.05, 0) is 36.2 Å². The van der Waals surface area contributed by atoms with Crippen LogP contribution in [0.2, 0.25) is 0 Å². The Morgan fingerprint density at radius 2 is 1.92 bits per heavy atom. The smallest absolute Gasteiger partial charge is 0.337 e. The van der Waals surface area contributed by atoms with Gasteiger partial charge >= 0.3 is 12.0 Å². The number of urea groups is 1.